The molecule has 1 aliphatic rings. The van der Waals surface area contributed by atoms with Gasteiger partial charge in [-0.25, -0.2) is 9.78 Å². The fraction of sp³-hybridized carbons (Fsp3) is 0.636. The van der Waals surface area contributed by atoms with Crippen molar-refractivity contribution < 1.29 is 9.90 Å². The molecule has 5 nitrogen and oxygen atoms in total. The summed E-state index contributed by atoms with van der Waals surface area (Å²) in [5.41, 5.74) is 0.123. The normalized spacial score (nSPS) is 25.8. The standard InChI is InChI=1S/C11H17N3O2S/c1-7-5-14(2)4-3-8(7)12-11-13-9(6-17-11)10(15)16/h6-8H,3-5H2,1-2H3,(H,12,13)(H,15,16). The predicted molar refractivity (Wildman–Crippen MR) is 67.8 cm³/mol. The zero-order chi connectivity index (χ0) is 12.4. The van der Waals surface area contributed by atoms with Gasteiger partial charge in [0.05, 0.1) is 0 Å². The van der Waals surface area contributed by atoms with Crippen LogP contribution in [0.2, 0.25) is 0 Å². The van der Waals surface area contributed by atoms with Crippen LogP contribution in [0, 0.1) is 5.92 Å². The molecule has 2 rings (SSSR count). The van der Waals surface area contributed by atoms with Crippen LogP contribution < -0.4 is 5.32 Å². The summed E-state index contributed by atoms with van der Waals surface area (Å²) in [6, 6.07) is 0.388. The number of carboxylic acid groups (broad SMARTS) is 1. The zero-order valence-corrected chi connectivity index (χ0v) is 10.8. The summed E-state index contributed by atoms with van der Waals surface area (Å²) < 4.78 is 0. The molecule has 1 aromatic rings. The molecule has 0 aliphatic carbocycles. The van der Waals surface area contributed by atoms with E-state index in [0.29, 0.717) is 17.1 Å². The van der Waals surface area contributed by atoms with Crippen LogP contribution in [-0.4, -0.2) is 47.1 Å². The van der Waals surface area contributed by atoms with E-state index in [1.54, 1.807) is 5.38 Å². The van der Waals surface area contributed by atoms with Crippen LogP contribution in [0.25, 0.3) is 0 Å². The van der Waals surface area contributed by atoms with Gasteiger partial charge < -0.3 is 15.3 Å². The molecule has 17 heavy (non-hydrogen) atoms. The van der Waals surface area contributed by atoms with Gasteiger partial charge in [0, 0.05) is 18.0 Å². The lowest BCUT2D eigenvalue weighted by Gasteiger charge is -2.35. The third-order valence-electron chi connectivity index (χ3n) is 3.14. The SMILES string of the molecule is CC1CN(C)CCC1Nc1nc(C(=O)O)cs1. The second-order valence-electron chi connectivity index (χ2n) is 4.62. The number of carboxylic acids is 1. The van der Waals surface area contributed by atoms with Gasteiger partial charge in [0.2, 0.25) is 0 Å². The van der Waals surface area contributed by atoms with Crippen LogP contribution in [0.4, 0.5) is 5.13 Å². The molecule has 0 saturated carbocycles. The first-order chi connectivity index (χ1) is 8.06. The van der Waals surface area contributed by atoms with Crippen LogP contribution in [0.15, 0.2) is 5.38 Å². The van der Waals surface area contributed by atoms with Crippen molar-refractivity contribution in [3.63, 3.8) is 0 Å². The first-order valence-corrected chi connectivity index (χ1v) is 6.58. The molecule has 1 saturated heterocycles. The predicted octanol–water partition coefficient (Wildman–Crippen LogP) is 1.59. The molecule has 2 heterocycles. The van der Waals surface area contributed by atoms with Gasteiger partial charge in [-0.3, -0.25) is 0 Å². The summed E-state index contributed by atoms with van der Waals surface area (Å²) in [6.45, 7) is 4.34. The summed E-state index contributed by atoms with van der Waals surface area (Å²) in [4.78, 5) is 17.1. The number of hydrogen-bond donors (Lipinski definition) is 2. The van der Waals surface area contributed by atoms with E-state index in [0.717, 1.165) is 19.5 Å². The molecule has 2 atom stereocenters. The van der Waals surface area contributed by atoms with E-state index in [2.05, 4.69) is 29.2 Å². The number of likely N-dealkylation sites (tertiary alicyclic amines) is 1. The zero-order valence-electron chi connectivity index (χ0n) is 10.0. The minimum atomic E-state index is -0.967. The van der Waals surface area contributed by atoms with Crippen molar-refractivity contribution in [1.29, 1.82) is 0 Å². The van der Waals surface area contributed by atoms with Gasteiger partial charge in [-0.15, -0.1) is 11.3 Å². The molecular weight excluding hydrogens is 238 g/mol. The van der Waals surface area contributed by atoms with Crippen molar-refractivity contribution in [2.24, 2.45) is 5.92 Å². The first-order valence-electron chi connectivity index (χ1n) is 5.70. The number of anilines is 1. The second-order valence-corrected chi connectivity index (χ2v) is 5.48. The van der Waals surface area contributed by atoms with Crippen LogP contribution in [0.1, 0.15) is 23.8 Å². The van der Waals surface area contributed by atoms with E-state index in [1.807, 2.05) is 0 Å². The van der Waals surface area contributed by atoms with E-state index in [4.69, 9.17) is 5.11 Å². The monoisotopic (exact) mass is 255 g/mol. The molecule has 0 spiro atoms. The Morgan fingerprint density at radius 2 is 2.47 bits per heavy atom. The summed E-state index contributed by atoms with van der Waals surface area (Å²) in [5.74, 6) is -0.420. The maximum Gasteiger partial charge on any atom is 0.355 e. The molecule has 0 bridgehead atoms. The van der Waals surface area contributed by atoms with Crippen molar-refractivity contribution in [3.8, 4) is 0 Å². The Balaban J connectivity index is 1.98. The number of piperidine rings is 1. The van der Waals surface area contributed by atoms with Gasteiger partial charge in [0.1, 0.15) is 0 Å². The second kappa shape index (κ2) is 5.01. The van der Waals surface area contributed by atoms with Crippen molar-refractivity contribution in [2.75, 3.05) is 25.5 Å². The van der Waals surface area contributed by atoms with Gasteiger partial charge in [-0.2, -0.15) is 0 Å². The molecule has 1 aliphatic heterocycles. The highest BCUT2D eigenvalue weighted by Gasteiger charge is 2.24. The molecule has 94 valence electrons. The minimum Gasteiger partial charge on any atom is -0.476 e. The number of carbonyl (C=O) groups is 1. The highest BCUT2D eigenvalue weighted by atomic mass is 32.1. The number of nitrogens with zero attached hydrogens (tertiary/aromatic N) is 2. The fourth-order valence-corrected chi connectivity index (χ4v) is 2.91. The van der Waals surface area contributed by atoms with E-state index >= 15 is 0 Å². The Labute approximate surface area is 104 Å². The lowest BCUT2D eigenvalue weighted by molar-refractivity contribution is 0.0691. The van der Waals surface area contributed by atoms with E-state index < -0.39 is 5.97 Å². The van der Waals surface area contributed by atoms with Crippen LogP contribution in [0.5, 0.6) is 0 Å². The van der Waals surface area contributed by atoms with E-state index in [9.17, 15) is 4.79 Å². The number of nitrogens with one attached hydrogen (secondary N) is 1. The summed E-state index contributed by atoms with van der Waals surface area (Å²) in [7, 11) is 2.12. The van der Waals surface area contributed by atoms with Crippen LogP contribution >= 0.6 is 11.3 Å². The maximum absolute atomic E-state index is 10.7. The first kappa shape index (κ1) is 12.3. The molecule has 2 N–H and O–H groups in total. The summed E-state index contributed by atoms with van der Waals surface area (Å²) >= 11 is 1.36. The molecule has 2 unspecified atom stereocenters. The lowest BCUT2D eigenvalue weighted by atomic mass is 9.94. The Morgan fingerprint density at radius 1 is 1.71 bits per heavy atom. The smallest absolute Gasteiger partial charge is 0.355 e. The summed E-state index contributed by atoms with van der Waals surface area (Å²) in [5, 5.41) is 14.4. The van der Waals surface area contributed by atoms with Crippen molar-refractivity contribution in [1.82, 2.24) is 9.88 Å². The molecule has 0 amide bonds. The van der Waals surface area contributed by atoms with E-state index in [1.165, 1.54) is 11.3 Å². The average Bonchev–Trinajstić information content (AvgIpc) is 2.71. The Hall–Kier alpha value is -1.14. The number of hydrogen-bond acceptors (Lipinski definition) is 5. The lowest BCUT2D eigenvalue weighted by Crippen LogP contribution is -2.43. The third kappa shape index (κ3) is 2.95. The van der Waals surface area contributed by atoms with Gasteiger partial charge in [0.25, 0.3) is 0 Å². The highest BCUT2D eigenvalue weighted by Crippen LogP contribution is 2.22. The fourth-order valence-electron chi connectivity index (χ4n) is 2.17. The maximum atomic E-state index is 10.7. The van der Waals surface area contributed by atoms with Crippen molar-refractivity contribution >= 4 is 22.4 Å². The quantitative estimate of drug-likeness (QED) is 0.858. The number of aromatic nitrogens is 1. The third-order valence-corrected chi connectivity index (χ3v) is 3.91. The average molecular weight is 255 g/mol. The number of thiazole rings is 1. The molecule has 0 aromatic carbocycles. The van der Waals surface area contributed by atoms with Gasteiger partial charge in [-0.05, 0) is 25.9 Å². The van der Waals surface area contributed by atoms with Crippen molar-refractivity contribution in [2.45, 2.75) is 19.4 Å². The largest absolute Gasteiger partial charge is 0.476 e. The van der Waals surface area contributed by atoms with Gasteiger partial charge >= 0.3 is 5.97 Å². The van der Waals surface area contributed by atoms with Gasteiger partial charge in [-0.1, -0.05) is 6.92 Å². The Bertz CT molecular complexity index is 407. The Morgan fingerprint density at radius 3 is 3.06 bits per heavy atom. The molecule has 6 heteroatoms. The molecule has 0 radical (unpaired) electrons. The minimum absolute atomic E-state index is 0.123. The van der Waals surface area contributed by atoms with Gasteiger partial charge in [0.15, 0.2) is 10.8 Å². The number of rotatable bonds is 3. The van der Waals surface area contributed by atoms with E-state index in [-0.39, 0.29) is 5.69 Å². The topological polar surface area (TPSA) is 65.5 Å². The molecule has 1 aromatic heterocycles. The van der Waals surface area contributed by atoms with Crippen LogP contribution in [-0.2, 0) is 0 Å². The molecular formula is C11H17N3O2S. The van der Waals surface area contributed by atoms with Crippen molar-refractivity contribution in [3.05, 3.63) is 11.1 Å². The number of aromatic carboxylic acids is 1. The van der Waals surface area contributed by atoms with Crippen LogP contribution in [0.3, 0.4) is 0 Å². The molecule has 1 fully saturated rings. The Kier molecular flexibility index (Phi) is 3.63. The highest BCUT2D eigenvalue weighted by molar-refractivity contribution is 7.13. The summed E-state index contributed by atoms with van der Waals surface area (Å²) in [6.07, 6.45) is 1.07.